The molecule has 82 valence electrons. The molecule has 2 rings (SSSR count). The van der Waals surface area contributed by atoms with Gasteiger partial charge in [-0.2, -0.15) is 0 Å². The van der Waals surface area contributed by atoms with Gasteiger partial charge in [-0.1, -0.05) is 54.6 Å². The Kier molecular flexibility index (Phi) is 3.68. The van der Waals surface area contributed by atoms with Crippen LogP contribution in [0.4, 0.5) is 0 Å². The summed E-state index contributed by atoms with van der Waals surface area (Å²) in [5, 5.41) is 0. The van der Waals surface area contributed by atoms with Gasteiger partial charge in [0.2, 0.25) is 0 Å². The molecule has 0 nitrogen and oxygen atoms in total. The van der Waals surface area contributed by atoms with Crippen LogP contribution in [0, 0.1) is 6.92 Å². The van der Waals surface area contributed by atoms with Crippen LogP contribution in [0.1, 0.15) is 18.1 Å². The molecule has 1 heteroatoms. The Morgan fingerprint density at radius 3 is 2.44 bits per heavy atom. The number of hydrogen-bond donors (Lipinski definition) is 0. The Hall–Kier alpha value is -1.21. The summed E-state index contributed by atoms with van der Waals surface area (Å²) in [7, 11) is 0. The summed E-state index contributed by atoms with van der Waals surface area (Å²) in [5.41, 5.74) is 2.78. The summed E-state index contributed by atoms with van der Waals surface area (Å²) in [4.78, 5) is 2.68. The van der Waals surface area contributed by atoms with E-state index in [1.54, 1.807) is 0 Å². The van der Waals surface area contributed by atoms with Gasteiger partial charge in [0.1, 0.15) is 0 Å². The standard InChI is InChI=1S/C15H16S/c1-3-13-11-12(2)9-10-15(13)16-14-7-5-4-6-8-14/h4-11H,3H2,1-2H3. The zero-order valence-electron chi connectivity index (χ0n) is 9.73. The monoisotopic (exact) mass is 228 g/mol. The van der Waals surface area contributed by atoms with Crippen molar-refractivity contribution < 1.29 is 0 Å². The minimum atomic E-state index is 1.09. The van der Waals surface area contributed by atoms with Crippen LogP contribution in [0.15, 0.2) is 58.3 Å². The molecule has 0 spiro atoms. The van der Waals surface area contributed by atoms with E-state index >= 15 is 0 Å². The van der Waals surface area contributed by atoms with Crippen LogP contribution < -0.4 is 0 Å². The summed E-state index contributed by atoms with van der Waals surface area (Å²) < 4.78 is 0. The number of hydrogen-bond acceptors (Lipinski definition) is 1. The quantitative estimate of drug-likeness (QED) is 0.733. The van der Waals surface area contributed by atoms with Gasteiger partial charge < -0.3 is 0 Å². The van der Waals surface area contributed by atoms with Gasteiger partial charge in [-0.25, -0.2) is 0 Å². The predicted octanol–water partition coefficient (Wildman–Crippen LogP) is 4.71. The van der Waals surface area contributed by atoms with Crippen molar-refractivity contribution in [1.82, 2.24) is 0 Å². The van der Waals surface area contributed by atoms with Gasteiger partial charge in [0.15, 0.2) is 0 Å². The van der Waals surface area contributed by atoms with Crippen LogP contribution in [-0.2, 0) is 6.42 Å². The minimum Gasteiger partial charge on any atom is -0.0898 e. The molecule has 0 aliphatic rings. The van der Waals surface area contributed by atoms with Crippen molar-refractivity contribution in [3.05, 3.63) is 59.7 Å². The van der Waals surface area contributed by atoms with Crippen molar-refractivity contribution in [2.45, 2.75) is 30.1 Å². The van der Waals surface area contributed by atoms with E-state index in [0.29, 0.717) is 0 Å². The van der Waals surface area contributed by atoms with Gasteiger partial charge in [0.05, 0.1) is 0 Å². The number of benzene rings is 2. The average molecular weight is 228 g/mol. The normalized spacial score (nSPS) is 10.4. The van der Waals surface area contributed by atoms with Crippen molar-refractivity contribution in [1.29, 1.82) is 0 Å². The molecular weight excluding hydrogens is 212 g/mol. The zero-order valence-corrected chi connectivity index (χ0v) is 10.6. The Morgan fingerprint density at radius 2 is 1.75 bits per heavy atom. The highest BCUT2D eigenvalue weighted by Crippen LogP contribution is 2.30. The smallest absolute Gasteiger partial charge is 0.0154 e. The first-order chi connectivity index (χ1) is 7.79. The molecule has 0 saturated heterocycles. The van der Waals surface area contributed by atoms with Crippen molar-refractivity contribution in [3.63, 3.8) is 0 Å². The second kappa shape index (κ2) is 5.22. The molecule has 0 N–H and O–H groups in total. The molecule has 0 saturated carbocycles. The maximum Gasteiger partial charge on any atom is 0.0154 e. The fraction of sp³-hybridized carbons (Fsp3) is 0.200. The van der Waals surface area contributed by atoms with Crippen molar-refractivity contribution in [2.75, 3.05) is 0 Å². The molecule has 2 aromatic rings. The highest BCUT2D eigenvalue weighted by atomic mass is 32.2. The summed E-state index contributed by atoms with van der Waals surface area (Å²) in [6.07, 6.45) is 1.09. The number of aryl methyl sites for hydroxylation is 2. The van der Waals surface area contributed by atoms with E-state index in [0.717, 1.165) is 6.42 Å². The van der Waals surface area contributed by atoms with E-state index in [9.17, 15) is 0 Å². The summed E-state index contributed by atoms with van der Waals surface area (Å²) in [6, 6.07) is 17.2. The van der Waals surface area contributed by atoms with Crippen LogP contribution >= 0.6 is 11.8 Å². The van der Waals surface area contributed by atoms with Crippen LogP contribution in [-0.4, -0.2) is 0 Å². The third kappa shape index (κ3) is 2.67. The van der Waals surface area contributed by atoms with E-state index in [-0.39, 0.29) is 0 Å². The van der Waals surface area contributed by atoms with Crippen molar-refractivity contribution in [2.24, 2.45) is 0 Å². The molecule has 0 aliphatic carbocycles. The molecular formula is C15H16S. The second-order valence-corrected chi connectivity index (χ2v) is 5.00. The van der Waals surface area contributed by atoms with Crippen molar-refractivity contribution >= 4 is 11.8 Å². The Balaban J connectivity index is 2.28. The second-order valence-electron chi connectivity index (χ2n) is 3.88. The fourth-order valence-corrected chi connectivity index (χ4v) is 2.72. The molecule has 0 fully saturated rings. The van der Waals surface area contributed by atoms with Gasteiger partial charge in [-0.3, -0.25) is 0 Å². The first-order valence-corrected chi connectivity index (χ1v) is 6.43. The third-order valence-corrected chi connectivity index (χ3v) is 3.69. The Morgan fingerprint density at radius 1 is 1.00 bits per heavy atom. The molecule has 0 bridgehead atoms. The van der Waals surface area contributed by atoms with E-state index in [1.807, 2.05) is 11.8 Å². The summed E-state index contributed by atoms with van der Waals surface area (Å²) in [6.45, 7) is 4.36. The van der Waals surface area contributed by atoms with Crippen molar-refractivity contribution in [3.8, 4) is 0 Å². The summed E-state index contributed by atoms with van der Waals surface area (Å²) in [5.74, 6) is 0. The molecule has 0 heterocycles. The minimum absolute atomic E-state index is 1.09. The molecule has 0 unspecified atom stereocenters. The highest BCUT2D eigenvalue weighted by Gasteiger charge is 2.02. The van der Waals surface area contributed by atoms with Crippen LogP contribution in [0.25, 0.3) is 0 Å². The average Bonchev–Trinajstić information content (AvgIpc) is 2.33. The molecule has 0 atom stereocenters. The molecule has 0 aliphatic heterocycles. The van der Waals surface area contributed by atoms with Crippen LogP contribution in [0.5, 0.6) is 0 Å². The molecule has 0 amide bonds. The largest absolute Gasteiger partial charge is 0.0898 e. The third-order valence-electron chi connectivity index (χ3n) is 2.57. The molecule has 0 aromatic heterocycles. The first kappa shape index (κ1) is 11.3. The highest BCUT2D eigenvalue weighted by molar-refractivity contribution is 7.99. The Labute approximate surface area is 102 Å². The topological polar surface area (TPSA) is 0 Å². The number of rotatable bonds is 3. The lowest BCUT2D eigenvalue weighted by Gasteiger charge is -2.08. The van der Waals surface area contributed by atoms with Gasteiger partial charge in [-0.15, -0.1) is 0 Å². The Bertz CT molecular complexity index is 460. The fourth-order valence-electron chi connectivity index (χ4n) is 1.70. The SMILES string of the molecule is CCc1cc(C)ccc1Sc1ccccc1. The van der Waals surface area contributed by atoms with Crippen LogP contribution in [0.3, 0.4) is 0 Å². The lowest BCUT2D eigenvalue weighted by atomic mass is 10.1. The molecule has 2 aromatic carbocycles. The molecule has 16 heavy (non-hydrogen) atoms. The lowest BCUT2D eigenvalue weighted by Crippen LogP contribution is -1.86. The maximum absolute atomic E-state index is 2.28. The van der Waals surface area contributed by atoms with Gasteiger partial charge >= 0.3 is 0 Å². The van der Waals surface area contributed by atoms with E-state index < -0.39 is 0 Å². The lowest BCUT2D eigenvalue weighted by molar-refractivity contribution is 1.07. The van der Waals surface area contributed by atoms with Gasteiger partial charge in [-0.05, 0) is 37.1 Å². The summed E-state index contributed by atoms with van der Waals surface area (Å²) >= 11 is 1.85. The van der Waals surface area contributed by atoms with Crippen LogP contribution in [0.2, 0.25) is 0 Å². The van der Waals surface area contributed by atoms with E-state index in [2.05, 4.69) is 62.4 Å². The van der Waals surface area contributed by atoms with E-state index in [4.69, 9.17) is 0 Å². The van der Waals surface area contributed by atoms with Gasteiger partial charge in [0, 0.05) is 9.79 Å². The van der Waals surface area contributed by atoms with E-state index in [1.165, 1.54) is 20.9 Å². The molecule has 0 radical (unpaired) electrons. The zero-order chi connectivity index (χ0) is 11.4. The first-order valence-electron chi connectivity index (χ1n) is 5.62. The predicted molar refractivity (Wildman–Crippen MR) is 71.1 cm³/mol. The van der Waals surface area contributed by atoms with Gasteiger partial charge in [0.25, 0.3) is 0 Å². The maximum atomic E-state index is 2.28.